The van der Waals surface area contributed by atoms with Gasteiger partial charge in [0.1, 0.15) is 0 Å². The van der Waals surface area contributed by atoms with Gasteiger partial charge in [-0.25, -0.2) is 26.3 Å². The van der Waals surface area contributed by atoms with Crippen molar-refractivity contribution in [3.8, 4) is 0 Å². The molecule has 0 fully saturated rings. The van der Waals surface area contributed by atoms with E-state index in [4.69, 9.17) is 0 Å². The third-order valence-electron chi connectivity index (χ3n) is 7.27. The van der Waals surface area contributed by atoms with Crippen LogP contribution in [-0.4, -0.2) is 18.0 Å². The molecule has 1 unspecified atom stereocenters. The lowest BCUT2D eigenvalue weighted by Gasteiger charge is -2.29. The average Bonchev–Trinajstić information content (AvgIpc) is 2.96. The van der Waals surface area contributed by atoms with Crippen LogP contribution < -0.4 is 0 Å². The number of hydrogen-bond acceptors (Lipinski definition) is 2. The molecule has 41 heavy (non-hydrogen) atoms. The standard InChI is InChI=1S/C33H23F6NO/c1-17-7-3-5-9-19(17)26(21-11-13-23(34)31(38)29(21)36)28-25(41)15-16-40-33(28)27(20-10-6-4-8-18(20)2)22-12-14-24(35)32(39)30(22)37/h3-14,27H,15-16H2,1-2H3. The molecule has 0 N–H and O–H groups in total. The first-order valence-electron chi connectivity index (χ1n) is 12.8. The first-order chi connectivity index (χ1) is 19.6. The Morgan fingerprint density at radius 3 is 1.95 bits per heavy atom. The number of hydrogen-bond donors (Lipinski definition) is 0. The molecule has 1 aliphatic heterocycles. The summed E-state index contributed by atoms with van der Waals surface area (Å²) in [7, 11) is 0. The molecule has 4 aromatic rings. The zero-order valence-electron chi connectivity index (χ0n) is 22.0. The monoisotopic (exact) mass is 563 g/mol. The van der Waals surface area contributed by atoms with Crippen molar-refractivity contribution < 1.29 is 31.1 Å². The number of halogens is 6. The molecule has 1 aliphatic rings. The maximum absolute atomic E-state index is 15.5. The van der Waals surface area contributed by atoms with E-state index in [-0.39, 0.29) is 35.4 Å². The molecule has 2 nitrogen and oxygen atoms in total. The van der Waals surface area contributed by atoms with Crippen molar-refractivity contribution in [1.82, 2.24) is 0 Å². The van der Waals surface area contributed by atoms with E-state index in [2.05, 4.69) is 4.99 Å². The maximum Gasteiger partial charge on any atom is 0.195 e. The van der Waals surface area contributed by atoms with Crippen LogP contribution in [-0.2, 0) is 4.79 Å². The van der Waals surface area contributed by atoms with Gasteiger partial charge in [-0.2, -0.15) is 0 Å². The predicted octanol–water partition coefficient (Wildman–Crippen LogP) is 8.19. The maximum atomic E-state index is 15.5. The van der Waals surface area contributed by atoms with Crippen molar-refractivity contribution in [2.45, 2.75) is 26.2 Å². The lowest BCUT2D eigenvalue weighted by Crippen LogP contribution is -2.29. The molecule has 0 saturated carbocycles. The van der Waals surface area contributed by atoms with Crippen molar-refractivity contribution >= 4 is 17.1 Å². The Labute approximate surface area is 232 Å². The Balaban J connectivity index is 1.93. The van der Waals surface area contributed by atoms with Gasteiger partial charge in [0.05, 0.1) is 11.6 Å². The Bertz CT molecular complexity index is 1760. The van der Waals surface area contributed by atoms with E-state index in [9.17, 15) is 22.4 Å². The van der Waals surface area contributed by atoms with Gasteiger partial charge in [-0.1, -0.05) is 54.6 Å². The number of carbonyl (C=O) groups excluding carboxylic acids is 1. The predicted molar refractivity (Wildman–Crippen MR) is 145 cm³/mol. The molecule has 1 heterocycles. The van der Waals surface area contributed by atoms with Crippen molar-refractivity contribution in [2.24, 2.45) is 4.99 Å². The van der Waals surface area contributed by atoms with E-state index >= 15 is 8.78 Å². The summed E-state index contributed by atoms with van der Waals surface area (Å²) in [6.45, 7) is 3.42. The largest absolute Gasteiger partial charge is 0.294 e. The number of Topliss-reactive ketones (excluding diaryl/α,β-unsaturated/α-hetero) is 1. The second-order valence-electron chi connectivity index (χ2n) is 9.78. The molecule has 5 rings (SSSR count). The van der Waals surface area contributed by atoms with Gasteiger partial charge in [0.25, 0.3) is 0 Å². The molecular formula is C33H23F6NO. The zero-order chi connectivity index (χ0) is 29.4. The van der Waals surface area contributed by atoms with Crippen molar-refractivity contribution in [1.29, 1.82) is 0 Å². The molecule has 8 heteroatoms. The summed E-state index contributed by atoms with van der Waals surface area (Å²) in [4.78, 5) is 18.4. The normalized spacial score (nSPS) is 15.5. The molecule has 0 radical (unpaired) electrons. The van der Waals surface area contributed by atoms with Crippen molar-refractivity contribution in [3.63, 3.8) is 0 Å². The van der Waals surface area contributed by atoms with Crippen LogP contribution in [0.2, 0.25) is 0 Å². The number of aliphatic imine (C=N–C) groups is 1. The number of benzene rings is 4. The lowest BCUT2D eigenvalue weighted by molar-refractivity contribution is -0.115. The van der Waals surface area contributed by atoms with Gasteiger partial charge in [-0.3, -0.25) is 9.79 Å². The van der Waals surface area contributed by atoms with E-state index in [0.717, 1.165) is 24.3 Å². The first kappa shape index (κ1) is 28.1. The van der Waals surface area contributed by atoms with E-state index in [0.29, 0.717) is 22.3 Å². The first-order valence-corrected chi connectivity index (χ1v) is 12.8. The van der Waals surface area contributed by atoms with Crippen LogP contribution in [0, 0.1) is 48.8 Å². The minimum atomic E-state index is -1.72. The van der Waals surface area contributed by atoms with Gasteiger partial charge in [0, 0.05) is 35.2 Å². The summed E-state index contributed by atoms with van der Waals surface area (Å²) in [5, 5.41) is 0. The Hall–Kier alpha value is -4.46. The fourth-order valence-corrected chi connectivity index (χ4v) is 5.25. The molecule has 0 saturated heterocycles. The summed E-state index contributed by atoms with van der Waals surface area (Å²) in [6, 6.07) is 17.1. The molecule has 208 valence electrons. The van der Waals surface area contributed by atoms with Crippen LogP contribution in [0.4, 0.5) is 26.3 Å². The topological polar surface area (TPSA) is 29.4 Å². The third kappa shape index (κ3) is 4.99. The number of aryl methyl sites for hydroxylation is 2. The highest BCUT2D eigenvalue weighted by Gasteiger charge is 2.36. The number of rotatable bonds is 5. The second-order valence-corrected chi connectivity index (χ2v) is 9.78. The van der Waals surface area contributed by atoms with Gasteiger partial charge in [-0.15, -0.1) is 0 Å². The Morgan fingerprint density at radius 2 is 1.27 bits per heavy atom. The van der Waals surface area contributed by atoms with Crippen LogP contribution in [0.3, 0.4) is 0 Å². The fourth-order valence-electron chi connectivity index (χ4n) is 5.25. The van der Waals surface area contributed by atoms with Crippen LogP contribution in [0.15, 0.2) is 83.4 Å². The van der Waals surface area contributed by atoms with Gasteiger partial charge >= 0.3 is 0 Å². The Kier molecular flexibility index (Phi) is 7.67. The lowest BCUT2D eigenvalue weighted by atomic mass is 9.76. The van der Waals surface area contributed by atoms with Crippen molar-refractivity contribution in [3.05, 3.63) is 147 Å². The zero-order valence-corrected chi connectivity index (χ0v) is 22.0. The quantitative estimate of drug-likeness (QED) is 0.137. The molecule has 1 atom stereocenters. The SMILES string of the molecule is Cc1ccccc1C(=C1C(=O)CCN=C1C(c1ccccc1C)c1ccc(F)c(F)c1F)c1ccc(F)c(F)c1F. The smallest absolute Gasteiger partial charge is 0.195 e. The van der Waals surface area contributed by atoms with Crippen LogP contribution in [0.1, 0.15) is 45.7 Å². The minimum Gasteiger partial charge on any atom is -0.294 e. The number of ketones is 1. The highest BCUT2D eigenvalue weighted by molar-refractivity contribution is 6.31. The van der Waals surface area contributed by atoms with Gasteiger partial charge in [0.15, 0.2) is 40.7 Å². The Morgan fingerprint density at radius 1 is 0.659 bits per heavy atom. The third-order valence-corrected chi connectivity index (χ3v) is 7.27. The van der Waals surface area contributed by atoms with E-state index in [1.807, 2.05) is 0 Å². The molecular weight excluding hydrogens is 540 g/mol. The van der Waals surface area contributed by atoms with E-state index in [1.165, 1.54) is 0 Å². The highest BCUT2D eigenvalue weighted by Crippen LogP contribution is 2.41. The molecule has 0 aromatic heterocycles. The minimum absolute atomic E-state index is 0.00729. The number of allylic oxidation sites excluding steroid dienone is 1. The fraction of sp³-hybridized carbons (Fsp3) is 0.152. The molecule has 0 spiro atoms. The summed E-state index contributed by atoms with van der Waals surface area (Å²) < 4.78 is 88.1. The highest BCUT2D eigenvalue weighted by atomic mass is 19.2. The molecule has 0 bridgehead atoms. The number of carbonyl (C=O) groups is 1. The second kappa shape index (κ2) is 11.2. The van der Waals surface area contributed by atoms with E-state index < -0.39 is 52.2 Å². The van der Waals surface area contributed by atoms with E-state index in [1.54, 1.807) is 62.4 Å². The van der Waals surface area contributed by atoms with Gasteiger partial charge in [0.2, 0.25) is 0 Å². The van der Waals surface area contributed by atoms with Crippen LogP contribution in [0.25, 0.3) is 5.57 Å². The van der Waals surface area contributed by atoms with Crippen LogP contribution in [0.5, 0.6) is 0 Å². The molecule has 4 aromatic carbocycles. The summed E-state index contributed by atoms with van der Waals surface area (Å²) in [5.74, 6) is -10.9. The number of nitrogens with zero attached hydrogens (tertiary/aromatic N) is 1. The summed E-state index contributed by atoms with van der Waals surface area (Å²) in [5.41, 5.74) is 1.08. The molecule has 0 amide bonds. The average molecular weight is 564 g/mol. The van der Waals surface area contributed by atoms with Crippen LogP contribution >= 0.6 is 0 Å². The van der Waals surface area contributed by atoms with Gasteiger partial charge in [-0.05, 0) is 54.3 Å². The summed E-state index contributed by atoms with van der Waals surface area (Å²) in [6.07, 6.45) is -0.0970. The summed E-state index contributed by atoms with van der Waals surface area (Å²) >= 11 is 0. The van der Waals surface area contributed by atoms with Gasteiger partial charge < -0.3 is 0 Å². The van der Waals surface area contributed by atoms with Crippen molar-refractivity contribution in [2.75, 3.05) is 6.54 Å². The molecule has 0 aliphatic carbocycles.